The van der Waals surface area contributed by atoms with Crippen LogP contribution >= 0.6 is 0 Å². The zero-order valence-corrected chi connectivity index (χ0v) is 18.4. The fourth-order valence-corrected chi connectivity index (χ4v) is 5.04. The Morgan fingerprint density at radius 1 is 1.03 bits per heavy atom. The number of piperidine rings is 1. The molecule has 0 saturated carbocycles. The summed E-state index contributed by atoms with van der Waals surface area (Å²) in [7, 11) is 0. The molecular formula is C25H26N4O3. The Kier molecular flexibility index (Phi) is 4.62. The van der Waals surface area contributed by atoms with Crippen LogP contribution in [0.3, 0.4) is 0 Å². The molecule has 0 unspecified atom stereocenters. The molecule has 7 heteroatoms. The Bertz CT molecular complexity index is 1380. The summed E-state index contributed by atoms with van der Waals surface area (Å²) in [4.78, 5) is 24.6. The van der Waals surface area contributed by atoms with Gasteiger partial charge in [0.2, 0.25) is 0 Å². The van der Waals surface area contributed by atoms with Crippen LogP contribution in [0.2, 0.25) is 0 Å². The molecule has 2 saturated heterocycles. The van der Waals surface area contributed by atoms with Crippen LogP contribution in [0, 0.1) is 13.8 Å². The molecule has 5 heterocycles. The van der Waals surface area contributed by atoms with Crippen molar-refractivity contribution in [3.63, 3.8) is 0 Å². The fourth-order valence-electron chi connectivity index (χ4n) is 5.04. The molecule has 2 aliphatic rings. The molecule has 0 bridgehead atoms. The number of rotatable bonds is 3. The lowest BCUT2D eigenvalue weighted by atomic mass is 9.88. The van der Waals surface area contributed by atoms with Crippen LogP contribution in [-0.4, -0.2) is 51.6 Å². The van der Waals surface area contributed by atoms with E-state index in [-0.39, 0.29) is 5.63 Å². The highest BCUT2D eigenvalue weighted by Crippen LogP contribution is 2.32. The van der Waals surface area contributed by atoms with E-state index >= 15 is 0 Å². The van der Waals surface area contributed by atoms with E-state index in [9.17, 15) is 4.79 Å². The first-order valence-corrected chi connectivity index (χ1v) is 11.3. The highest BCUT2D eigenvalue weighted by molar-refractivity contribution is 5.84. The van der Waals surface area contributed by atoms with Crippen molar-refractivity contribution in [1.82, 2.24) is 19.3 Å². The van der Waals surface area contributed by atoms with Gasteiger partial charge in [0.05, 0.1) is 36.0 Å². The second kappa shape index (κ2) is 7.53. The maximum absolute atomic E-state index is 12.9. The Hall–Kier alpha value is -3.03. The summed E-state index contributed by atoms with van der Waals surface area (Å²) in [6.45, 7) is 7.79. The summed E-state index contributed by atoms with van der Waals surface area (Å²) in [5, 5.41) is 1.52. The lowest BCUT2D eigenvalue weighted by molar-refractivity contribution is -0.0712. The van der Waals surface area contributed by atoms with Gasteiger partial charge >= 0.3 is 5.63 Å². The number of likely N-dealkylation sites (tertiary alicyclic amines) is 1. The molecule has 3 aromatic heterocycles. The van der Waals surface area contributed by atoms with Crippen LogP contribution in [0.5, 0.6) is 0 Å². The van der Waals surface area contributed by atoms with Gasteiger partial charge in [-0.15, -0.1) is 0 Å². The monoisotopic (exact) mass is 430 g/mol. The van der Waals surface area contributed by atoms with Gasteiger partial charge in [0.1, 0.15) is 5.69 Å². The van der Waals surface area contributed by atoms with E-state index < -0.39 is 0 Å². The topological polar surface area (TPSA) is 72.9 Å². The Morgan fingerprint density at radius 2 is 1.84 bits per heavy atom. The first-order valence-electron chi connectivity index (χ1n) is 11.3. The van der Waals surface area contributed by atoms with Crippen LogP contribution in [0.25, 0.3) is 27.9 Å². The van der Waals surface area contributed by atoms with Crippen LogP contribution in [0.1, 0.15) is 35.7 Å². The van der Waals surface area contributed by atoms with Crippen molar-refractivity contribution in [3.05, 3.63) is 64.0 Å². The highest BCUT2D eigenvalue weighted by Gasteiger charge is 2.30. The number of ether oxygens (including phenoxy) is 1. The smallest absolute Gasteiger partial charge is 0.344 e. The maximum atomic E-state index is 12.9. The number of hydrogen-bond donors (Lipinski definition) is 0. The Labute approximate surface area is 185 Å². The van der Waals surface area contributed by atoms with Gasteiger partial charge in [-0.25, -0.2) is 9.78 Å². The van der Waals surface area contributed by atoms with Crippen molar-refractivity contribution in [2.75, 3.05) is 26.3 Å². The molecule has 1 aromatic carbocycles. The van der Waals surface area contributed by atoms with Crippen molar-refractivity contribution in [2.45, 2.75) is 38.6 Å². The summed E-state index contributed by atoms with van der Waals surface area (Å²) in [5.41, 5.74) is 4.08. The number of aryl methyl sites for hydroxylation is 2. The molecular weight excluding hydrogens is 404 g/mol. The molecule has 0 amide bonds. The fraction of sp³-hybridized carbons (Fsp3) is 0.400. The second-order valence-corrected chi connectivity index (χ2v) is 9.07. The van der Waals surface area contributed by atoms with E-state index in [0.717, 1.165) is 61.6 Å². The van der Waals surface area contributed by atoms with E-state index in [1.54, 1.807) is 0 Å². The van der Waals surface area contributed by atoms with Crippen molar-refractivity contribution in [2.24, 2.45) is 0 Å². The number of aromatic nitrogens is 3. The minimum absolute atomic E-state index is 0.313. The van der Waals surface area contributed by atoms with E-state index in [1.165, 1.54) is 5.56 Å². The van der Waals surface area contributed by atoms with Gasteiger partial charge in [-0.05, 0) is 68.8 Å². The molecule has 0 atom stereocenters. The van der Waals surface area contributed by atoms with Gasteiger partial charge in [0.15, 0.2) is 11.4 Å². The zero-order valence-electron chi connectivity index (χ0n) is 18.4. The molecule has 2 fully saturated rings. The average molecular weight is 431 g/mol. The third kappa shape index (κ3) is 3.32. The number of fused-ring (bicyclic) bond motifs is 2. The van der Waals surface area contributed by atoms with E-state index in [2.05, 4.69) is 20.9 Å². The van der Waals surface area contributed by atoms with Crippen LogP contribution in [0.4, 0.5) is 0 Å². The Morgan fingerprint density at radius 3 is 2.59 bits per heavy atom. The highest BCUT2D eigenvalue weighted by atomic mass is 16.5. The summed E-state index contributed by atoms with van der Waals surface area (Å²) >= 11 is 0. The van der Waals surface area contributed by atoms with Gasteiger partial charge in [-0.2, -0.15) is 0 Å². The summed E-state index contributed by atoms with van der Waals surface area (Å²) < 4.78 is 13.0. The lowest BCUT2D eigenvalue weighted by Crippen LogP contribution is -2.51. The largest absolute Gasteiger partial charge is 0.421 e. The molecule has 2 aliphatic heterocycles. The van der Waals surface area contributed by atoms with Crippen LogP contribution in [0.15, 0.2) is 45.9 Å². The standard InChI is InChI=1S/C25H26N4O3/c1-15-11-29-12-22(27-24(29)16(2)26-15)23-10-19-4-3-18(9-21(19)25(30)32-23)17-5-7-28(8-6-17)20-13-31-14-20/h3-4,9-12,17,20H,5-8,13-14H2,1-2H3. The zero-order chi connectivity index (χ0) is 21.8. The molecule has 164 valence electrons. The number of benzene rings is 1. The maximum Gasteiger partial charge on any atom is 0.344 e. The van der Waals surface area contributed by atoms with Crippen molar-refractivity contribution >= 4 is 16.4 Å². The normalized spacial score (nSPS) is 18.4. The molecule has 0 N–H and O–H groups in total. The molecule has 4 aromatic rings. The first kappa shape index (κ1) is 19.6. The van der Waals surface area contributed by atoms with Crippen molar-refractivity contribution in [3.8, 4) is 11.5 Å². The van der Waals surface area contributed by atoms with E-state index in [4.69, 9.17) is 9.15 Å². The molecule has 7 nitrogen and oxygen atoms in total. The molecule has 0 spiro atoms. The van der Waals surface area contributed by atoms with Gasteiger partial charge in [-0.3, -0.25) is 9.88 Å². The summed E-state index contributed by atoms with van der Waals surface area (Å²) in [6.07, 6.45) is 6.03. The molecule has 0 radical (unpaired) electrons. The third-order valence-electron chi connectivity index (χ3n) is 6.90. The number of hydrogen-bond acceptors (Lipinski definition) is 6. The number of nitrogens with zero attached hydrogens (tertiary/aromatic N) is 4. The van der Waals surface area contributed by atoms with Crippen LogP contribution < -0.4 is 5.63 Å². The molecule has 0 aliphatic carbocycles. The number of imidazole rings is 1. The predicted octanol–water partition coefficient (Wildman–Crippen LogP) is 3.70. The second-order valence-electron chi connectivity index (χ2n) is 9.07. The van der Waals surface area contributed by atoms with E-state index in [1.807, 2.05) is 48.8 Å². The van der Waals surface area contributed by atoms with Gasteiger partial charge in [0.25, 0.3) is 0 Å². The first-order chi connectivity index (χ1) is 15.5. The lowest BCUT2D eigenvalue weighted by Gasteiger charge is -2.41. The van der Waals surface area contributed by atoms with Gasteiger partial charge < -0.3 is 13.6 Å². The Balaban J connectivity index is 1.30. The van der Waals surface area contributed by atoms with Gasteiger partial charge in [-0.1, -0.05) is 12.1 Å². The van der Waals surface area contributed by atoms with E-state index in [0.29, 0.717) is 28.8 Å². The minimum atomic E-state index is -0.313. The molecule has 6 rings (SSSR count). The minimum Gasteiger partial charge on any atom is -0.421 e. The van der Waals surface area contributed by atoms with Gasteiger partial charge in [0, 0.05) is 12.4 Å². The van der Waals surface area contributed by atoms with Crippen LogP contribution in [-0.2, 0) is 4.74 Å². The molecule has 32 heavy (non-hydrogen) atoms. The summed E-state index contributed by atoms with van der Waals surface area (Å²) in [6, 6.07) is 8.75. The third-order valence-corrected chi connectivity index (χ3v) is 6.90. The summed E-state index contributed by atoms with van der Waals surface area (Å²) in [5.74, 6) is 0.958. The average Bonchev–Trinajstić information content (AvgIpc) is 3.17. The van der Waals surface area contributed by atoms with Crippen molar-refractivity contribution in [1.29, 1.82) is 0 Å². The SMILES string of the molecule is Cc1cn2cc(-c3cc4ccc(C5CCN(C6COC6)CC5)cc4c(=O)o3)nc2c(C)n1. The van der Waals surface area contributed by atoms with Crippen molar-refractivity contribution < 1.29 is 9.15 Å². The predicted molar refractivity (Wildman–Crippen MR) is 122 cm³/mol. The quantitative estimate of drug-likeness (QED) is 0.494.